The molecule has 2 N–H and O–H groups in total. The molecular weight excluding hydrogens is 300 g/mol. The number of ether oxygens (including phenoxy) is 1. The molecule has 0 aromatic heterocycles. The summed E-state index contributed by atoms with van der Waals surface area (Å²) in [6.07, 6.45) is 0. The zero-order valence-corrected chi connectivity index (χ0v) is 13.3. The van der Waals surface area contributed by atoms with Crippen LogP contribution in [0, 0.1) is 0 Å². The minimum absolute atomic E-state index is 0.0383. The first-order valence-electron chi connectivity index (χ1n) is 5.90. The summed E-state index contributed by atoms with van der Waals surface area (Å²) < 4.78 is 30.1. The van der Waals surface area contributed by atoms with Crippen LogP contribution in [0.1, 0.15) is 6.92 Å². The largest absolute Gasteiger partial charge is 0.465 e. The number of anilines is 1. The second kappa shape index (κ2) is 6.96. The van der Waals surface area contributed by atoms with Gasteiger partial charge in [0.25, 0.3) is 0 Å². The zero-order chi connectivity index (χ0) is 15.3. The molecule has 0 atom stereocenters. The Kier molecular flexibility index (Phi) is 5.85. The Morgan fingerprint density at radius 3 is 2.60 bits per heavy atom. The van der Waals surface area contributed by atoms with Gasteiger partial charge in [-0.15, -0.1) is 11.8 Å². The lowest BCUT2D eigenvalue weighted by molar-refractivity contribution is -0.139. The molecular formula is C12H18N2O4S2. The number of nitrogens with zero attached hydrogens (tertiary/aromatic N) is 1. The summed E-state index contributed by atoms with van der Waals surface area (Å²) in [5.41, 5.74) is 6.04. The summed E-state index contributed by atoms with van der Waals surface area (Å²) >= 11 is 1.15. The van der Waals surface area contributed by atoms with Crippen molar-refractivity contribution in [2.75, 3.05) is 32.2 Å². The van der Waals surface area contributed by atoms with Crippen LogP contribution in [0.4, 0.5) is 5.69 Å². The maximum absolute atomic E-state index is 12.1. The van der Waals surface area contributed by atoms with E-state index >= 15 is 0 Å². The summed E-state index contributed by atoms with van der Waals surface area (Å²) in [5.74, 6) is -0.276. The molecule has 0 fully saturated rings. The molecule has 8 heteroatoms. The summed E-state index contributed by atoms with van der Waals surface area (Å²) in [5, 5.41) is 0. The van der Waals surface area contributed by atoms with Crippen LogP contribution in [-0.2, 0) is 19.6 Å². The van der Waals surface area contributed by atoms with E-state index in [2.05, 4.69) is 0 Å². The third kappa shape index (κ3) is 3.87. The van der Waals surface area contributed by atoms with E-state index in [-0.39, 0.29) is 22.3 Å². The zero-order valence-electron chi connectivity index (χ0n) is 11.6. The maximum atomic E-state index is 12.1. The minimum atomic E-state index is -3.60. The van der Waals surface area contributed by atoms with Gasteiger partial charge in [-0.2, -0.15) is 0 Å². The number of esters is 1. The standard InChI is InChI=1S/C12H18N2O4S2/c1-4-18-11(15)8-19-9-6-5-7-10(12(9)13)20(16,17)14(2)3/h5-7H,4,8,13H2,1-3H3. The molecule has 112 valence electrons. The lowest BCUT2D eigenvalue weighted by atomic mass is 10.3. The molecule has 0 bridgehead atoms. The summed E-state index contributed by atoms with van der Waals surface area (Å²) in [6, 6.07) is 4.72. The van der Waals surface area contributed by atoms with Crippen molar-refractivity contribution in [2.24, 2.45) is 0 Å². The van der Waals surface area contributed by atoms with Crippen molar-refractivity contribution < 1.29 is 17.9 Å². The van der Waals surface area contributed by atoms with Gasteiger partial charge >= 0.3 is 5.97 Å². The van der Waals surface area contributed by atoms with Gasteiger partial charge in [-0.3, -0.25) is 4.79 Å². The second-order valence-corrected chi connectivity index (χ2v) is 7.19. The monoisotopic (exact) mass is 318 g/mol. The molecule has 1 aromatic carbocycles. The van der Waals surface area contributed by atoms with E-state index in [0.717, 1.165) is 16.1 Å². The molecule has 0 unspecified atom stereocenters. The number of carbonyl (C=O) groups is 1. The van der Waals surface area contributed by atoms with E-state index in [1.165, 1.54) is 20.2 Å². The van der Waals surface area contributed by atoms with Crippen LogP contribution in [0.25, 0.3) is 0 Å². The number of rotatable bonds is 6. The van der Waals surface area contributed by atoms with Crippen LogP contribution >= 0.6 is 11.8 Å². The van der Waals surface area contributed by atoms with E-state index in [9.17, 15) is 13.2 Å². The number of carbonyl (C=O) groups excluding carboxylic acids is 1. The van der Waals surface area contributed by atoms with Gasteiger partial charge in [-0.1, -0.05) is 6.07 Å². The number of nitrogen functional groups attached to an aromatic ring is 1. The Morgan fingerprint density at radius 1 is 1.40 bits per heavy atom. The van der Waals surface area contributed by atoms with Crippen molar-refractivity contribution in [1.82, 2.24) is 4.31 Å². The van der Waals surface area contributed by atoms with Crippen LogP contribution in [0.3, 0.4) is 0 Å². The SMILES string of the molecule is CCOC(=O)CSc1cccc(S(=O)(=O)N(C)C)c1N. The van der Waals surface area contributed by atoms with E-state index in [1.807, 2.05) is 0 Å². The molecule has 1 aromatic rings. The molecule has 0 saturated carbocycles. The minimum Gasteiger partial charge on any atom is -0.465 e. The van der Waals surface area contributed by atoms with Crippen LogP contribution in [-0.4, -0.2) is 45.1 Å². The van der Waals surface area contributed by atoms with Gasteiger partial charge in [0.05, 0.1) is 18.0 Å². The third-order valence-corrected chi connectivity index (χ3v) is 5.36. The number of hydrogen-bond donors (Lipinski definition) is 1. The lowest BCUT2D eigenvalue weighted by Crippen LogP contribution is -2.23. The van der Waals surface area contributed by atoms with Gasteiger partial charge in [0, 0.05) is 19.0 Å². The van der Waals surface area contributed by atoms with Crippen molar-refractivity contribution in [3.8, 4) is 0 Å². The first-order chi connectivity index (χ1) is 9.30. The first kappa shape index (κ1) is 16.8. The number of thioether (sulfide) groups is 1. The van der Waals surface area contributed by atoms with Crippen LogP contribution in [0.2, 0.25) is 0 Å². The van der Waals surface area contributed by atoms with Crippen molar-refractivity contribution in [2.45, 2.75) is 16.7 Å². The number of para-hydroxylation sites is 1. The highest BCUT2D eigenvalue weighted by Crippen LogP contribution is 2.31. The van der Waals surface area contributed by atoms with Gasteiger partial charge < -0.3 is 10.5 Å². The Morgan fingerprint density at radius 2 is 2.05 bits per heavy atom. The van der Waals surface area contributed by atoms with Gasteiger partial charge in [0.15, 0.2) is 0 Å². The van der Waals surface area contributed by atoms with E-state index < -0.39 is 10.0 Å². The fraction of sp³-hybridized carbons (Fsp3) is 0.417. The Hall–Kier alpha value is -1.25. The van der Waals surface area contributed by atoms with Crippen molar-refractivity contribution >= 4 is 33.4 Å². The molecule has 1 rings (SSSR count). The fourth-order valence-corrected chi connectivity index (χ4v) is 3.30. The first-order valence-corrected chi connectivity index (χ1v) is 8.32. The highest BCUT2D eigenvalue weighted by atomic mass is 32.2. The molecule has 0 heterocycles. The fourth-order valence-electron chi connectivity index (χ4n) is 1.41. The number of sulfonamides is 1. The van der Waals surface area contributed by atoms with Gasteiger partial charge in [0.1, 0.15) is 4.90 Å². The van der Waals surface area contributed by atoms with Crippen LogP contribution in [0.15, 0.2) is 28.0 Å². The average Bonchev–Trinajstić information content (AvgIpc) is 2.37. The second-order valence-electron chi connectivity index (χ2n) is 4.05. The van der Waals surface area contributed by atoms with E-state index in [0.29, 0.717) is 11.5 Å². The lowest BCUT2D eigenvalue weighted by Gasteiger charge is -2.15. The molecule has 0 aliphatic rings. The van der Waals surface area contributed by atoms with Gasteiger partial charge in [0.2, 0.25) is 10.0 Å². The molecule has 0 amide bonds. The molecule has 0 aliphatic heterocycles. The van der Waals surface area contributed by atoms with Crippen molar-refractivity contribution in [1.29, 1.82) is 0 Å². The summed E-state index contributed by atoms with van der Waals surface area (Å²) in [4.78, 5) is 11.9. The summed E-state index contributed by atoms with van der Waals surface area (Å²) in [7, 11) is -0.725. The van der Waals surface area contributed by atoms with Crippen LogP contribution < -0.4 is 5.73 Å². The Bertz CT molecular complexity index is 585. The molecule has 0 aliphatic carbocycles. The quantitative estimate of drug-likeness (QED) is 0.481. The smallest absolute Gasteiger partial charge is 0.316 e. The Labute approximate surface area is 123 Å². The predicted molar refractivity (Wildman–Crippen MR) is 79.1 cm³/mol. The summed E-state index contributed by atoms with van der Waals surface area (Å²) in [6.45, 7) is 2.03. The Balaban J connectivity index is 3.00. The molecule has 6 nitrogen and oxygen atoms in total. The van der Waals surface area contributed by atoms with Gasteiger partial charge in [-0.05, 0) is 19.1 Å². The maximum Gasteiger partial charge on any atom is 0.316 e. The number of nitrogens with two attached hydrogens (primary N) is 1. The van der Waals surface area contributed by atoms with Gasteiger partial charge in [-0.25, -0.2) is 12.7 Å². The third-order valence-electron chi connectivity index (χ3n) is 2.44. The predicted octanol–water partition coefficient (Wildman–Crippen LogP) is 1.17. The molecule has 0 radical (unpaired) electrons. The van der Waals surface area contributed by atoms with E-state index in [4.69, 9.17) is 10.5 Å². The highest BCUT2D eigenvalue weighted by molar-refractivity contribution is 8.00. The average molecular weight is 318 g/mol. The number of benzene rings is 1. The molecule has 0 spiro atoms. The number of hydrogen-bond acceptors (Lipinski definition) is 6. The van der Waals surface area contributed by atoms with Crippen LogP contribution in [0.5, 0.6) is 0 Å². The highest BCUT2D eigenvalue weighted by Gasteiger charge is 2.22. The topological polar surface area (TPSA) is 89.7 Å². The molecule has 20 heavy (non-hydrogen) atoms. The molecule has 0 saturated heterocycles. The van der Waals surface area contributed by atoms with Crippen molar-refractivity contribution in [3.05, 3.63) is 18.2 Å². The van der Waals surface area contributed by atoms with E-state index in [1.54, 1.807) is 19.1 Å². The van der Waals surface area contributed by atoms with Crippen molar-refractivity contribution in [3.63, 3.8) is 0 Å². The normalized spacial score (nSPS) is 11.6.